The molecule has 0 heterocycles. The standard InChI is InChI=1S/C27H28N2O4/c30-27(31)17-10-20-6-11-23(12-7-20)28-18-21-8-13-24(14-9-21)32-19-26(29-33-25-15-16-25)22-4-2-1-3-5-22/h1-9,11-14,25,28H,10,15-19H2,(H,30,31). The fourth-order valence-electron chi connectivity index (χ4n) is 3.20. The summed E-state index contributed by atoms with van der Waals surface area (Å²) in [4.78, 5) is 16.2. The minimum atomic E-state index is -0.778. The van der Waals surface area contributed by atoms with Gasteiger partial charge in [-0.15, -0.1) is 0 Å². The van der Waals surface area contributed by atoms with E-state index in [9.17, 15) is 4.79 Å². The van der Waals surface area contributed by atoms with Crippen molar-refractivity contribution >= 4 is 17.4 Å². The smallest absolute Gasteiger partial charge is 0.303 e. The first-order chi connectivity index (χ1) is 16.2. The summed E-state index contributed by atoms with van der Waals surface area (Å²) in [5, 5.41) is 16.5. The van der Waals surface area contributed by atoms with Crippen LogP contribution in [0.3, 0.4) is 0 Å². The molecule has 0 spiro atoms. The summed E-state index contributed by atoms with van der Waals surface area (Å²) < 4.78 is 5.97. The van der Waals surface area contributed by atoms with Crippen molar-refractivity contribution in [2.24, 2.45) is 5.16 Å². The largest absolute Gasteiger partial charge is 0.487 e. The van der Waals surface area contributed by atoms with Crippen molar-refractivity contribution in [1.29, 1.82) is 0 Å². The minimum Gasteiger partial charge on any atom is -0.487 e. The Morgan fingerprint density at radius 1 is 0.939 bits per heavy atom. The molecule has 0 aliphatic heterocycles. The highest BCUT2D eigenvalue weighted by molar-refractivity contribution is 6.01. The SMILES string of the molecule is O=C(O)CCc1ccc(NCc2ccc(OCC(=NOC3CC3)c3ccccc3)cc2)cc1. The van der Waals surface area contributed by atoms with Crippen LogP contribution in [0.5, 0.6) is 5.75 Å². The molecule has 2 N–H and O–H groups in total. The molecule has 1 fully saturated rings. The fraction of sp³-hybridized carbons (Fsp3) is 0.259. The van der Waals surface area contributed by atoms with E-state index in [1.54, 1.807) is 0 Å². The molecule has 0 atom stereocenters. The van der Waals surface area contributed by atoms with Gasteiger partial charge in [0.05, 0.1) is 0 Å². The number of benzene rings is 3. The van der Waals surface area contributed by atoms with Gasteiger partial charge in [0.1, 0.15) is 24.2 Å². The average Bonchev–Trinajstić information content (AvgIpc) is 3.68. The maximum atomic E-state index is 10.7. The highest BCUT2D eigenvalue weighted by atomic mass is 16.6. The van der Waals surface area contributed by atoms with E-state index in [-0.39, 0.29) is 12.5 Å². The topological polar surface area (TPSA) is 80.2 Å². The van der Waals surface area contributed by atoms with Crippen LogP contribution < -0.4 is 10.1 Å². The van der Waals surface area contributed by atoms with E-state index in [1.807, 2.05) is 78.9 Å². The molecule has 0 radical (unpaired) electrons. The molecular formula is C27H28N2O4. The van der Waals surface area contributed by atoms with Crippen LogP contribution in [0.4, 0.5) is 5.69 Å². The van der Waals surface area contributed by atoms with Crippen molar-refractivity contribution in [1.82, 2.24) is 0 Å². The Labute approximate surface area is 193 Å². The van der Waals surface area contributed by atoms with E-state index >= 15 is 0 Å². The van der Waals surface area contributed by atoms with Gasteiger partial charge in [0, 0.05) is 24.2 Å². The molecule has 4 rings (SSSR count). The van der Waals surface area contributed by atoms with E-state index < -0.39 is 5.97 Å². The van der Waals surface area contributed by atoms with Crippen LogP contribution in [0.2, 0.25) is 0 Å². The number of oxime groups is 1. The van der Waals surface area contributed by atoms with Crippen molar-refractivity contribution in [2.45, 2.75) is 38.3 Å². The zero-order valence-electron chi connectivity index (χ0n) is 18.4. The number of ether oxygens (including phenoxy) is 1. The highest BCUT2D eigenvalue weighted by Crippen LogP contribution is 2.24. The molecule has 3 aromatic rings. The molecule has 6 heteroatoms. The van der Waals surface area contributed by atoms with Gasteiger partial charge in [-0.3, -0.25) is 4.79 Å². The van der Waals surface area contributed by atoms with Crippen molar-refractivity contribution in [3.63, 3.8) is 0 Å². The first kappa shape index (κ1) is 22.4. The van der Waals surface area contributed by atoms with Crippen molar-refractivity contribution < 1.29 is 19.5 Å². The maximum absolute atomic E-state index is 10.7. The van der Waals surface area contributed by atoms with Crippen LogP contribution in [-0.2, 0) is 22.6 Å². The molecule has 0 amide bonds. The Hall–Kier alpha value is -3.80. The molecule has 1 aliphatic carbocycles. The normalized spacial score (nSPS) is 13.4. The summed E-state index contributed by atoms with van der Waals surface area (Å²) in [5.74, 6) is -0.00335. The zero-order valence-corrected chi connectivity index (χ0v) is 18.4. The first-order valence-electron chi connectivity index (χ1n) is 11.2. The lowest BCUT2D eigenvalue weighted by atomic mass is 10.1. The number of rotatable bonds is 12. The Bertz CT molecular complexity index is 1060. The lowest BCUT2D eigenvalue weighted by molar-refractivity contribution is -0.136. The molecule has 0 saturated heterocycles. The molecule has 170 valence electrons. The molecule has 0 aromatic heterocycles. The van der Waals surface area contributed by atoms with Crippen LogP contribution in [0, 0.1) is 0 Å². The van der Waals surface area contributed by atoms with E-state index in [0.29, 0.717) is 19.6 Å². The first-order valence-corrected chi connectivity index (χ1v) is 11.2. The summed E-state index contributed by atoms with van der Waals surface area (Å²) in [5.41, 5.74) is 4.92. The number of aryl methyl sites for hydroxylation is 1. The number of aliphatic carboxylic acids is 1. The number of carboxylic acids is 1. The summed E-state index contributed by atoms with van der Waals surface area (Å²) in [6, 6.07) is 25.8. The van der Waals surface area contributed by atoms with Crippen molar-refractivity contribution in [3.05, 3.63) is 95.6 Å². The van der Waals surface area contributed by atoms with Crippen LogP contribution in [0.25, 0.3) is 0 Å². The Balaban J connectivity index is 1.28. The van der Waals surface area contributed by atoms with Crippen LogP contribution in [0.1, 0.15) is 36.0 Å². The molecular weight excluding hydrogens is 416 g/mol. The van der Waals surface area contributed by atoms with Gasteiger partial charge < -0.3 is 20.0 Å². The molecule has 1 aliphatic rings. The molecule has 3 aromatic carbocycles. The summed E-state index contributed by atoms with van der Waals surface area (Å²) in [6.45, 7) is 1.02. The summed E-state index contributed by atoms with van der Waals surface area (Å²) in [6.07, 6.45) is 3.07. The van der Waals surface area contributed by atoms with E-state index in [1.165, 1.54) is 0 Å². The number of carboxylic acid groups (broad SMARTS) is 1. The number of nitrogens with one attached hydrogen (secondary N) is 1. The van der Waals surface area contributed by atoms with Crippen molar-refractivity contribution in [3.8, 4) is 5.75 Å². The number of anilines is 1. The molecule has 0 unspecified atom stereocenters. The third kappa shape index (κ3) is 7.38. The summed E-state index contributed by atoms with van der Waals surface area (Å²) >= 11 is 0. The number of hydrogen-bond acceptors (Lipinski definition) is 5. The Kier molecular flexibility index (Phi) is 7.59. The van der Waals surface area contributed by atoms with E-state index in [2.05, 4.69) is 10.5 Å². The third-order valence-corrected chi connectivity index (χ3v) is 5.32. The Morgan fingerprint density at radius 2 is 1.64 bits per heavy atom. The number of nitrogens with zero attached hydrogens (tertiary/aromatic N) is 1. The van der Waals surface area contributed by atoms with Gasteiger partial charge in [-0.1, -0.05) is 59.8 Å². The monoisotopic (exact) mass is 444 g/mol. The lowest BCUT2D eigenvalue weighted by Crippen LogP contribution is -2.14. The maximum Gasteiger partial charge on any atom is 0.303 e. The lowest BCUT2D eigenvalue weighted by Gasteiger charge is -2.11. The molecule has 33 heavy (non-hydrogen) atoms. The molecule has 6 nitrogen and oxygen atoms in total. The second kappa shape index (κ2) is 11.2. The minimum absolute atomic E-state index is 0.146. The second-order valence-electron chi connectivity index (χ2n) is 8.09. The Morgan fingerprint density at radius 3 is 2.30 bits per heavy atom. The van der Waals surface area contributed by atoms with Gasteiger partial charge in [0.25, 0.3) is 0 Å². The van der Waals surface area contributed by atoms with Crippen LogP contribution in [0.15, 0.2) is 84.0 Å². The third-order valence-electron chi connectivity index (χ3n) is 5.32. The predicted octanol–water partition coefficient (Wildman–Crippen LogP) is 5.28. The fourth-order valence-corrected chi connectivity index (χ4v) is 3.20. The second-order valence-corrected chi connectivity index (χ2v) is 8.09. The van der Waals surface area contributed by atoms with Crippen LogP contribution in [-0.4, -0.2) is 29.5 Å². The van der Waals surface area contributed by atoms with E-state index in [0.717, 1.165) is 46.7 Å². The van der Waals surface area contributed by atoms with E-state index in [4.69, 9.17) is 14.7 Å². The molecule has 1 saturated carbocycles. The zero-order chi connectivity index (χ0) is 22.9. The summed E-state index contributed by atoms with van der Waals surface area (Å²) in [7, 11) is 0. The van der Waals surface area contributed by atoms with Crippen LogP contribution >= 0.6 is 0 Å². The number of hydrogen-bond donors (Lipinski definition) is 2. The van der Waals surface area contributed by atoms with Gasteiger partial charge in [-0.05, 0) is 54.7 Å². The quantitative estimate of drug-likeness (QED) is 0.294. The van der Waals surface area contributed by atoms with Gasteiger partial charge in [0.2, 0.25) is 0 Å². The van der Waals surface area contributed by atoms with Gasteiger partial charge in [-0.25, -0.2) is 0 Å². The van der Waals surface area contributed by atoms with Gasteiger partial charge in [0.15, 0.2) is 0 Å². The van der Waals surface area contributed by atoms with Gasteiger partial charge >= 0.3 is 5.97 Å². The highest BCUT2D eigenvalue weighted by Gasteiger charge is 2.24. The van der Waals surface area contributed by atoms with Gasteiger partial charge in [-0.2, -0.15) is 0 Å². The predicted molar refractivity (Wildman–Crippen MR) is 129 cm³/mol. The molecule has 0 bridgehead atoms. The number of carbonyl (C=O) groups is 1. The van der Waals surface area contributed by atoms with Crippen molar-refractivity contribution in [2.75, 3.05) is 11.9 Å². The average molecular weight is 445 g/mol.